The van der Waals surface area contributed by atoms with Crippen LogP contribution in [0.4, 0.5) is 0 Å². The maximum Gasteiger partial charge on any atom is 0.303 e. The van der Waals surface area contributed by atoms with Gasteiger partial charge in [0, 0.05) is 6.42 Å². The smallest absolute Gasteiger partial charge is 0.303 e. The van der Waals surface area contributed by atoms with Gasteiger partial charge >= 0.3 is 5.97 Å². The van der Waals surface area contributed by atoms with Gasteiger partial charge < -0.3 is 14.9 Å². The molecule has 0 bridgehead atoms. The molecule has 6 heteroatoms. The van der Waals surface area contributed by atoms with E-state index >= 15 is 0 Å². The summed E-state index contributed by atoms with van der Waals surface area (Å²) in [7, 11) is 0. The van der Waals surface area contributed by atoms with Gasteiger partial charge in [0.1, 0.15) is 11.5 Å². The third-order valence-corrected chi connectivity index (χ3v) is 3.92. The second kappa shape index (κ2) is 6.95. The number of hydrogen-bond donors (Lipinski definition) is 2. The van der Waals surface area contributed by atoms with Gasteiger partial charge in [0.25, 0.3) is 0 Å². The van der Waals surface area contributed by atoms with Crippen LogP contribution in [0, 0.1) is 0 Å². The molecular weight excluding hydrogens is 404 g/mol. The zero-order chi connectivity index (χ0) is 15.4. The summed E-state index contributed by atoms with van der Waals surface area (Å²) in [4.78, 5) is 10.6. The standard InChI is InChI=1S/C15H12Br2O4/c16-12-7-9(1-6-14(19)20)8-13(17)15(12)21-11-4-2-10(18)3-5-11/h2-5,7-8,18H,1,6H2,(H,19,20). The molecule has 4 nitrogen and oxygen atoms in total. The topological polar surface area (TPSA) is 66.8 Å². The van der Waals surface area contributed by atoms with Crippen LogP contribution in [0.15, 0.2) is 45.3 Å². The summed E-state index contributed by atoms with van der Waals surface area (Å²) in [5, 5.41) is 18.0. The summed E-state index contributed by atoms with van der Waals surface area (Å²) in [6, 6.07) is 10.1. The second-order valence-electron chi connectivity index (χ2n) is 4.38. The lowest BCUT2D eigenvalue weighted by atomic mass is 10.1. The molecule has 0 radical (unpaired) electrons. The van der Waals surface area contributed by atoms with E-state index in [1.165, 1.54) is 0 Å². The van der Waals surface area contributed by atoms with E-state index in [1.54, 1.807) is 24.3 Å². The van der Waals surface area contributed by atoms with Crippen molar-refractivity contribution in [3.63, 3.8) is 0 Å². The van der Waals surface area contributed by atoms with Gasteiger partial charge in [-0.25, -0.2) is 0 Å². The van der Waals surface area contributed by atoms with Crippen molar-refractivity contribution in [3.8, 4) is 17.2 Å². The zero-order valence-electron chi connectivity index (χ0n) is 10.8. The van der Waals surface area contributed by atoms with Crippen LogP contribution in [0.5, 0.6) is 17.2 Å². The number of carbonyl (C=O) groups is 1. The number of ether oxygens (including phenoxy) is 1. The average molecular weight is 416 g/mol. The van der Waals surface area contributed by atoms with Crippen LogP contribution in [0.3, 0.4) is 0 Å². The molecule has 0 aliphatic rings. The van der Waals surface area contributed by atoms with E-state index in [0.717, 1.165) is 14.5 Å². The maximum absolute atomic E-state index is 10.6. The molecule has 0 atom stereocenters. The minimum absolute atomic E-state index is 0.0804. The summed E-state index contributed by atoms with van der Waals surface area (Å²) in [5.41, 5.74) is 0.897. The number of phenols is 1. The van der Waals surface area contributed by atoms with Crippen LogP contribution in [0.1, 0.15) is 12.0 Å². The molecule has 2 aromatic rings. The number of aliphatic carboxylic acids is 1. The van der Waals surface area contributed by atoms with Crippen molar-refractivity contribution in [2.45, 2.75) is 12.8 Å². The summed E-state index contributed by atoms with van der Waals surface area (Å²) in [6.45, 7) is 0. The number of carboxylic acids is 1. The van der Waals surface area contributed by atoms with E-state index in [0.29, 0.717) is 17.9 Å². The Morgan fingerprint density at radius 2 is 1.67 bits per heavy atom. The molecule has 21 heavy (non-hydrogen) atoms. The lowest BCUT2D eigenvalue weighted by molar-refractivity contribution is -0.136. The number of benzene rings is 2. The van der Waals surface area contributed by atoms with Crippen molar-refractivity contribution in [2.24, 2.45) is 0 Å². The predicted octanol–water partition coefficient (Wildman–Crippen LogP) is 4.73. The molecule has 0 saturated heterocycles. The Morgan fingerprint density at radius 3 is 2.19 bits per heavy atom. The molecule has 0 aliphatic heterocycles. The lowest BCUT2D eigenvalue weighted by Gasteiger charge is -2.12. The van der Waals surface area contributed by atoms with Crippen LogP contribution in [0.25, 0.3) is 0 Å². The summed E-state index contributed by atoms with van der Waals surface area (Å²) in [6.07, 6.45) is 0.531. The van der Waals surface area contributed by atoms with Crippen LogP contribution in [-0.2, 0) is 11.2 Å². The third kappa shape index (κ3) is 4.47. The van der Waals surface area contributed by atoms with Gasteiger partial charge in [-0.05, 0) is 80.2 Å². The van der Waals surface area contributed by atoms with Gasteiger partial charge in [-0.15, -0.1) is 0 Å². The molecule has 0 aliphatic carbocycles. The highest BCUT2D eigenvalue weighted by atomic mass is 79.9. The van der Waals surface area contributed by atoms with Crippen molar-refractivity contribution < 1.29 is 19.7 Å². The Kier molecular flexibility index (Phi) is 5.25. The third-order valence-electron chi connectivity index (χ3n) is 2.74. The first-order valence-electron chi connectivity index (χ1n) is 6.12. The first-order chi connectivity index (χ1) is 9.95. The highest BCUT2D eigenvalue weighted by Gasteiger charge is 2.11. The van der Waals surface area contributed by atoms with Gasteiger partial charge in [0.05, 0.1) is 8.95 Å². The number of aryl methyl sites for hydroxylation is 1. The number of phenolic OH excluding ortho intramolecular Hbond substituents is 1. The average Bonchev–Trinajstić information content (AvgIpc) is 2.42. The summed E-state index contributed by atoms with van der Waals surface area (Å²) >= 11 is 6.85. The molecule has 2 aromatic carbocycles. The molecule has 0 heterocycles. The number of rotatable bonds is 5. The highest BCUT2D eigenvalue weighted by Crippen LogP contribution is 2.38. The number of aromatic hydroxyl groups is 1. The Morgan fingerprint density at radius 1 is 1.10 bits per heavy atom. The van der Waals surface area contributed by atoms with Crippen LogP contribution in [0.2, 0.25) is 0 Å². The maximum atomic E-state index is 10.6. The molecule has 0 spiro atoms. The fourth-order valence-electron chi connectivity index (χ4n) is 1.74. The Hall–Kier alpha value is -1.53. The minimum atomic E-state index is -0.827. The second-order valence-corrected chi connectivity index (χ2v) is 6.09. The van der Waals surface area contributed by atoms with E-state index < -0.39 is 5.97 Å². The normalized spacial score (nSPS) is 10.4. The van der Waals surface area contributed by atoms with Gasteiger partial charge in [0.15, 0.2) is 5.75 Å². The molecule has 0 fully saturated rings. The number of carboxylic acid groups (broad SMARTS) is 1. The van der Waals surface area contributed by atoms with E-state index in [-0.39, 0.29) is 12.2 Å². The van der Waals surface area contributed by atoms with Crippen LogP contribution < -0.4 is 4.74 Å². The molecule has 0 amide bonds. The van der Waals surface area contributed by atoms with E-state index in [1.807, 2.05) is 12.1 Å². The quantitative estimate of drug-likeness (QED) is 0.740. The van der Waals surface area contributed by atoms with Crippen molar-refractivity contribution in [2.75, 3.05) is 0 Å². The molecule has 2 N–H and O–H groups in total. The van der Waals surface area contributed by atoms with E-state index in [9.17, 15) is 9.90 Å². The lowest BCUT2D eigenvalue weighted by Crippen LogP contribution is -1.98. The molecule has 0 unspecified atom stereocenters. The molecular formula is C15H12Br2O4. The Balaban J connectivity index is 2.20. The monoisotopic (exact) mass is 414 g/mol. The SMILES string of the molecule is O=C(O)CCc1cc(Br)c(Oc2ccc(O)cc2)c(Br)c1. The van der Waals surface area contributed by atoms with Gasteiger partial charge in [-0.1, -0.05) is 0 Å². The van der Waals surface area contributed by atoms with Crippen molar-refractivity contribution >= 4 is 37.8 Å². The Bertz CT molecular complexity index is 630. The number of halogens is 2. The molecule has 0 saturated carbocycles. The van der Waals surface area contributed by atoms with Crippen molar-refractivity contribution in [1.29, 1.82) is 0 Å². The zero-order valence-corrected chi connectivity index (χ0v) is 14.0. The molecule has 0 aromatic heterocycles. The first kappa shape index (κ1) is 15.9. The number of hydrogen-bond acceptors (Lipinski definition) is 3. The summed E-state index contributed by atoms with van der Waals surface area (Å²) in [5.74, 6) is 0.531. The molecule has 2 rings (SSSR count). The van der Waals surface area contributed by atoms with Gasteiger partial charge in [-0.2, -0.15) is 0 Å². The van der Waals surface area contributed by atoms with Gasteiger partial charge in [0.2, 0.25) is 0 Å². The summed E-state index contributed by atoms with van der Waals surface area (Å²) < 4.78 is 7.21. The van der Waals surface area contributed by atoms with Crippen LogP contribution >= 0.6 is 31.9 Å². The van der Waals surface area contributed by atoms with Gasteiger partial charge in [-0.3, -0.25) is 4.79 Å². The molecule has 110 valence electrons. The van der Waals surface area contributed by atoms with E-state index in [2.05, 4.69) is 31.9 Å². The highest BCUT2D eigenvalue weighted by molar-refractivity contribution is 9.11. The van der Waals surface area contributed by atoms with Crippen molar-refractivity contribution in [1.82, 2.24) is 0 Å². The van der Waals surface area contributed by atoms with Crippen molar-refractivity contribution in [3.05, 3.63) is 50.9 Å². The Labute approximate surface area is 138 Å². The largest absolute Gasteiger partial charge is 0.508 e. The fourth-order valence-corrected chi connectivity index (χ4v) is 3.18. The fraction of sp³-hybridized carbons (Fsp3) is 0.133. The van der Waals surface area contributed by atoms with E-state index in [4.69, 9.17) is 9.84 Å². The van der Waals surface area contributed by atoms with Crippen LogP contribution in [-0.4, -0.2) is 16.2 Å². The minimum Gasteiger partial charge on any atom is -0.508 e. The predicted molar refractivity (Wildman–Crippen MR) is 86.0 cm³/mol. The first-order valence-corrected chi connectivity index (χ1v) is 7.71.